The number of carbonyl (C=O) groups excluding carboxylic acids is 3. The van der Waals surface area contributed by atoms with Crippen molar-refractivity contribution in [2.24, 2.45) is 0 Å². The number of nitrogens with zero attached hydrogens (tertiary/aromatic N) is 6. The number of amides is 3. The Kier molecular flexibility index (Phi) is 4.62. The van der Waals surface area contributed by atoms with Gasteiger partial charge < -0.3 is 9.80 Å². The van der Waals surface area contributed by atoms with E-state index in [0.717, 1.165) is 10.7 Å². The van der Waals surface area contributed by atoms with Gasteiger partial charge in [0.2, 0.25) is 0 Å². The fourth-order valence-corrected chi connectivity index (χ4v) is 3.80. The van der Waals surface area contributed by atoms with Gasteiger partial charge in [-0.15, -0.1) is 0 Å². The molecule has 2 aromatic heterocycles. The molecule has 0 unspecified atom stereocenters. The van der Waals surface area contributed by atoms with Crippen LogP contribution >= 0.6 is 0 Å². The number of aromatic nitrogens is 3. The largest absolute Gasteiger partial charge is 0.353 e. The van der Waals surface area contributed by atoms with Crippen LogP contribution in [0.5, 0.6) is 0 Å². The SMILES string of the molecule is O=C(c1ccc(N2C(=O)c3nccnc3C2=O)cc1)N1CCN(c2ccccn2)CC1. The number of carbonyl (C=O) groups is 3. The number of hydrogen-bond acceptors (Lipinski definition) is 7. The van der Waals surface area contributed by atoms with E-state index in [4.69, 9.17) is 0 Å². The standard InChI is InChI=1S/C22H18N6O3/c29-20(27-13-11-26(12-14-27)17-3-1-2-8-23-17)15-4-6-16(7-5-15)28-21(30)18-19(22(28)31)25-10-9-24-18/h1-10H,11-14H2. The number of rotatable bonds is 3. The molecule has 5 rings (SSSR count). The second kappa shape index (κ2) is 7.60. The smallest absolute Gasteiger partial charge is 0.286 e. The number of imide groups is 1. The van der Waals surface area contributed by atoms with E-state index in [-0.39, 0.29) is 17.3 Å². The summed E-state index contributed by atoms with van der Waals surface area (Å²) in [6, 6.07) is 12.2. The maximum Gasteiger partial charge on any atom is 0.286 e. The first-order chi connectivity index (χ1) is 15.1. The Hall–Kier alpha value is -4.14. The number of hydrogen-bond donors (Lipinski definition) is 0. The predicted molar refractivity (Wildman–Crippen MR) is 112 cm³/mol. The first-order valence-electron chi connectivity index (χ1n) is 9.88. The van der Waals surface area contributed by atoms with Gasteiger partial charge in [-0.3, -0.25) is 14.4 Å². The molecular weight excluding hydrogens is 396 g/mol. The third-order valence-corrected chi connectivity index (χ3v) is 5.42. The molecule has 3 aromatic rings. The molecule has 0 atom stereocenters. The molecule has 1 aromatic carbocycles. The molecule has 2 aliphatic rings. The van der Waals surface area contributed by atoms with E-state index in [9.17, 15) is 14.4 Å². The zero-order valence-corrected chi connectivity index (χ0v) is 16.5. The van der Waals surface area contributed by atoms with Gasteiger partial charge in [0.1, 0.15) is 5.82 Å². The molecule has 0 radical (unpaired) electrons. The second-order valence-corrected chi connectivity index (χ2v) is 7.21. The van der Waals surface area contributed by atoms with E-state index in [1.807, 2.05) is 18.2 Å². The predicted octanol–water partition coefficient (Wildman–Crippen LogP) is 1.63. The van der Waals surface area contributed by atoms with Crippen molar-refractivity contribution in [1.82, 2.24) is 19.9 Å². The molecule has 0 aliphatic carbocycles. The molecule has 2 aliphatic heterocycles. The lowest BCUT2D eigenvalue weighted by Gasteiger charge is -2.35. The van der Waals surface area contributed by atoms with Gasteiger partial charge in [-0.1, -0.05) is 6.07 Å². The highest BCUT2D eigenvalue weighted by molar-refractivity contribution is 6.33. The van der Waals surface area contributed by atoms with Gasteiger partial charge in [-0.2, -0.15) is 0 Å². The summed E-state index contributed by atoms with van der Waals surface area (Å²) in [5.74, 6) is -0.211. The molecule has 3 amide bonds. The molecule has 31 heavy (non-hydrogen) atoms. The molecule has 0 saturated carbocycles. The van der Waals surface area contributed by atoms with Crippen molar-refractivity contribution in [3.8, 4) is 0 Å². The normalized spacial score (nSPS) is 15.9. The lowest BCUT2D eigenvalue weighted by Crippen LogP contribution is -2.49. The molecule has 1 saturated heterocycles. The van der Waals surface area contributed by atoms with Crippen molar-refractivity contribution < 1.29 is 14.4 Å². The Bertz CT molecular complexity index is 1120. The Morgan fingerprint density at radius 2 is 1.39 bits per heavy atom. The van der Waals surface area contributed by atoms with E-state index in [0.29, 0.717) is 37.4 Å². The van der Waals surface area contributed by atoms with Crippen molar-refractivity contribution in [1.29, 1.82) is 0 Å². The zero-order valence-electron chi connectivity index (χ0n) is 16.5. The minimum absolute atomic E-state index is 0.0402. The average Bonchev–Trinajstić information content (AvgIpc) is 3.09. The Labute approximate surface area is 178 Å². The second-order valence-electron chi connectivity index (χ2n) is 7.21. The highest BCUT2D eigenvalue weighted by Gasteiger charge is 2.39. The van der Waals surface area contributed by atoms with Gasteiger partial charge in [0.15, 0.2) is 11.4 Å². The Morgan fingerprint density at radius 1 is 0.742 bits per heavy atom. The van der Waals surface area contributed by atoms with Crippen molar-refractivity contribution in [3.05, 3.63) is 78.0 Å². The van der Waals surface area contributed by atoms with Gasteiger partial charge in [-0.25, -0.2) is 19.9 Å². The summed E-state index contributed by atoms with van der Waals surface area (Å²) in [4.78, 5) is 55.2. The number of fused-ring (bicyclic) bond motifs is 1. The molecule has 0 bridgehead atoms. The summed E-state index contributed by atoms with van der Waals surface area (Å²) in [5, 5.41) is 0. The molecule has 9 nitrogen and oxygen atoms in total. The minimum atomic E-state index is -0.516. The summed E-state index contributed by atoms with van der Waals surface area (Å²) >= 11 is 0. The summed E-state index contributed by atoms with van der Waals surface area (Å²) in [6.07, 6.45) is 4.51. The Balaban J connectivity index is 1.27. The summed E-state index contributed by atoms with van der Waals surface area (Å²) < 4.78 is 0. The molecule has 0 N–H and O–H groups in total. The van der Waals surface area contributed by atoms with E-state index in [1.165, 1.54) is 12.4 Å². The summed E-state index contributed by atoms with van der Waals surface area (Å²) in [7, 11) is 0. The number of pyridine rings is 1. The van der Waals surface area contributed by atoms with Crippen LogP contribution in [0.3, 0.4) is 0 Å². The third kappa shape index (κ3) is 3.29. The van der Waals surface area contributed by atoms with Crippen molar-refractivity contribution in [3.63, 3.8) is 0 Å². The number of benzene rings is 1. The zero-order chi connectivity index (χ0) is 21.4. The fourth-order valence-electron chi connectivity index (χ4n) is 3.80. The van der Waals surface area contributed by atoms with Gasteiger partial charge in [0.05, 0.1) is 5.69 Å². The van der Waals surface area contributed by atoms with Crippen LogP contribution in [0.15, 0.2) is 61.1 Å². The van der Waals surface area contributed by atoms with Crippen LogP contribution in [0.4, 0.5) is 11.5 Å². The van der Waals surface area contributed by atoms with Crippen LogP contribution in [-0.2, 0) is 0 Å². The molecule has 9 heteroatoms. The topological polar surface area (TPSA) is 99.6 Å². The lowest BCUT2D eigenvalue weighted by atomic mass is 10.1. The van der Waals surface area contributed by atoms with E-state index in [2.05, 4.69) is 19.9 Å². The summed E-state index contributed by atoms with van der Waals surface area (Å²) in [5.41, 5.74) is 0.964. The van der Waals surface area contributed by atoms with Crippen LogP contribution in [0, 0.1) is 0 Å². The van der Waals surface area contributed by atoms with Crippen molar-refractivity contribution in [2.75, 3.05) is 36.0 Å². The summed E-state index contributed by atoms with van der Waals surface area (Å²) in [6.45, 7) is 2.59. The van der Waals surface area contributed by atoms with E-state index >= 15 is 0 Å². The highest BCUT2D eigenvalue weighted by Crippen LogP contribution is 2.26. The molecular formula is C22H18N6O3. The van der Waals surface area contributed by atoms with Crippen LogP contribution in [0.25, 0.3) is 0 Å². The molecule has 1 fully saturated rings. The third-order valence-electron chi connectivity index (χ3n) is 5.42. The molecule has 4 heterocycles. The minimum Gasteiger partial charge on any atom is -0.353 e. The van der Waals surface area contributed by atoms with Crippen LogP contribution in [-0.4, -0.2) is 63.8 Å². The molecule has 0 spiro atoms. The molecule has 154 valence electrons. The van der Waals surface area contributed by atoms with Crippen LogP contribution in [0.2, 0.25) is 0 Å². The first-order valence-corrected chi connectivity index (χ1v) is 9.88. The lowest BCUT2D eigenvalue weighted by molar-refractivity contribution is 0.0746. The van der Waals surface area contributed by atoms with Gasteiger partial charge in [0.25, 0.3) is 17.7 Å². The fraction of sp³-hybridized carbons (Fsp3) is 0.182. The first kappa shape index (κ1) is 18.9. The number of anilines is 2. The van der Waals surface area contributed by atoms with E-state index in [1.54, 1.807) is 35.4 Å². The van der Waals surface area contributed by atoms with Gasteiger partial charge >= 0.3 is 0 Å². The van der Waals surface area contributed by atoms with Crippen molar-refractivity contribution >= 4 is 29.2 Å². The average molecular weight is 414 g/mol. The monoisotopic (exact) mass is 414 g/mol. The quantitative estimate of drug-likeness (QED) is 0.601. The van der Waals surface area contributed by atoms with E-state index < -0.39 is 11.8 Å². The Morgan fingerprint density at radius 3 is 1.97 bits per heavy atom. The maximum atomic E-state index is 12.9. The van der Waals surface area contributed by atoms with Crippen molar-refractivity contribution in [2.45, 2.75) is 0 Å². The van der Waals surface area contributed by atoms with Gasteiger partial charge in [0, 0.05) is 50.3 Å². The highest BCUT2D eigenvalue weighted by atomic mass is 16.2. The van der Waals surface area contributed by atoms with Gasteiger partial charge in [-0.05, 0) is 36.4 Å². The van der Waals surface area contributed by atoms with Crippen LogP contribution < -0.4 is 9.80 Å². The maximum absolute atomic E-state index is 12.9. The number of piperazine rings is 1. The van der Waals surface area contributed by atoms with Crippen LogP contribution in [0.1, 0.15) is 31.3 Å².